The Morgan fingerprint density at radius 2 is 2.47 bits per heavy atom. The zero-order valence-electron chi connectivity index (χ0n) is 10.1. The molecule has 0 aromatic rings. The van der Waals surface area contributed by atoms with Crippen LogP contribution >= 0.6 is 0 Å². The van der Waals surface area contributed by atoms with Crippen LogP contribution in [0.15, 0.2) is 12.2 Å². The van der Waals surface area contributed by atoms with Crippen molar-refractivity contribution >= 4 is 0 Å². The summed E-state index contributed by atoms with van der Waals surface area (Å²) in [5, 5.41) is 4.95. The van der Waals surface area contributed by atoms with Crippen LogP contribution in [0.3, 0.4) is 0 Å². The highest BCUT2D eigenvalue weighted by Crippen LogP contribution is 2.45. The van der Waals surface area contributed by atoms with Gasteiger partial charge in [0.2, 0.25) is 1.43 Å². The van der Waals surface area contributed by atoms with Gasteiger partial charge in [-0.15, -0.1) is 0 Å². The molecule has 5 unspecified atom stereocenters. The van der Waals surface area contributed by atoms with E-state index in [1.165, 1.54) is 12.8 Å². The number of aliphatic hydroxyl groups excluding tert-OH is 1. The van der Waals surface area contributed by atoms with Crippen LogP contribution in [0, 0.1) is 23.7 Å². The first kappa shape index (κ1) is 8.77. The van der Waals surface area contributed by atoms with Crippen LogP contribution in [0.1, 0.15) is 25.7 Å². The number of rotatable bonds is 4. The molecule has 1 aliphatic heterocycles. The van der Waals surface area contributed by atoms with Gasteiger partial charge in [-0.2, -0.15) is 0 Å². The van der Waals surface area contributed by atoms with Crippen molar-refractivity contribution in [3.05, 3.63) is 12.2 Å². The van der Waals surface area contributed by atoms with Crippen molar-refractivity contribution in [2.75, 3.05) is 13.2 Å². The SMILES string of the molecule is [3H]OC(CC1CC2C=CC1C2)C1CCOC1. The third kappa shape index (κ3) is 1.85. The molecule has 0 spiro atoms. The number of ether oxygens (including phenoxy) is 1. The van der Waals surface area contributed by atoms with E-state index in [0.29, 0.717) is 5.92 Å². The highest BCUT2D eigenvalue weighted by molar-refractivity contribution is 5.10. The first-order chi connectivity index (χ1) is 7.86. The van der Waals surface area contributed by atoms with Crippen molar-refractivity contribution in [1.29, 1.82) is 1.43 Å². The summed E-state index contributed by atoms with van der Waals surface area (Å²) in [6, 6.07) is 0. The van der Waals surface area contributed by atoms with E-state index in [1.807, 2.05) is 0 Å². The molecule has 2 bridgehead atoms. The van der Waals surface area contributed by atoms with E-state index in [-0.39, 0.29) is 6.10 Å². The second-order valence-corrected chi connectivity index (χ2v) is 5.44. The molecular formula is C13H20O2. The second kappa shape index (κ2) is 3.91. The molecule has 3 aliphatic rings. The molecule has 2 aliphatic carbocycles. The summed E-state index contributed by atoms with van der Waals surface area (Å²) in [7, 11) is 0. The molecule has 3 rings (SSSR count). The smallest absolute Gasteiger partial charge is 0.210 e. The minimum atomic E-state index is 0.0975. The van der Waals surface area contributed by atoms with Crippen LogP contribution in [-0.2, 0) is 4.74 Å². The van der Waals surface area contributed by atoms with Gasteiger partial charge in [0.15, 0.2) is 0 Å². The van der Waals surface area contributed by atoms with Gasteiger partial charge in [-0.1, -0.05) is 12.2 Å². The van der Waals surface area contributed by atoms with Crippen LogP contribution < -0.4 is 0 Å². The van der Waals surface area contributed by atoms with Crippen molar-refractivity contribution < 1.29 is 9.85 Å². The minimum absolute atomic E-state index is 0.0975. The van der Waals surface area contributed by atoms with Gasteiger partial charge in [-0.3, -0.25) is 0 Å². The van der Waals surface area contributed by atoms with E-state index in [0.717, 1.165) is 43.8 Å². The Morgan fingerprint density at radius 3 is 3.07 bits per heavy atom. The Labute approximate surface area is 92.8 Å². The van der Waals surface area contributed by atoms with Gasteiger partial charge in [-0.25, -0.2) is 0 Å². The molecule has 1 saturated carbocycles. The van der Waals surface area contributed by atoms with E-state index < -0.39 is 0 Å². The zero-order chi connectivity index (χ0) is 11.0. The second-order valence-electron chi connectivity index (χ2n) is 5.44. The number of allylic oxidation sites excluding steroid dienone is 2. The van der Waals surface area contributed by atoms with E-state index in [1.54, 1.807) is 0 Å². The Morgan fingerprint density at radius 1 is 1.47 bits per heavy atom. The number of aliphatic hydroxyl groups is 1. The molecule has 0 amide bonds. The molecule has 5 atom stereocenters. The van der Waals surface area contributed by atoms with E-state index in [9.17, 15) is 0 Å². The van der Waals surface area contributed by atoms with Crippen molar-refractivity contribution in [1.82, 2.24) is 0 Å². The zero-order valence-corrected chi connectivity index (χ0v) is 9.10. The van der Waals surface area contributed by atoms with Gasteiger partial charge in [-0.05, 0) is 43.4 Å². The van der Waals surface area contributed by atoms with E-state index >= 15 is 0 Å². The van der Waals surface area contributed by atoms with E-state index in [4.69, 9.17) is 11.3 Å². The summed E-state index contributed by atoms with van der Waals surface area (Å²) >= 11 is 0. The lowest BCUT2D eigenvalue weighted by Gasteiger charge is -2.24. The maximum atomic E-state index is 7.25. The number of hydrogen-bond donors (Lipinski definition) is 1. The standard InChI is InChI=1S/C13H20O2/c14-13(11-3-4-15-8-11)7-12-6-9-1-2-10(12)5-9/h1-2,9-14H,3-8H2/i14T. The molecule has 0 aromatic heterocycles. The minimum Gasteiger partial charge on any atom is -0.393 e. The molecule has 0 radical (unpaired) electrons. The summed E-state index contributed by atoms with van der Waals surface area (Å²) in [6.07, 6.45) is 9.63. The lowest BCUT2D eigenvalue weighted by atomic mass is 9.85. The molecular weight excluding hydrogens is 188 g/mol. The molecule has 1 saturated heterocycles. The fourth-order valence-corrected chi connectivity index (χ4v) is 3.50. The Bertz CT molecular complexity index is 273. The van der Waals surface area contributed by atoms with Crippen molar-refractivity contribution in [2.24, 2.45) is 23.7 Å². The van der Waals surface area contributed by atoms with Crippen molar-refractivity contribution in [3.63, 3.8) is 0 Å². The highest BCUT2D eigenvalue weighted by atomic mass is 16.5. The van der Waals surface area contributed by atoms with Gasteiger partial charge >= 0.3 is 0 Å². The first-order valence-corrected chi connectivity index (χ1v) is 6.25. The fraction of sp³-hybridized carbons (Fsp3) is 0.846. The Kier molecular flexibility index (Phi) is 2.29. The molecule has 2 nitrogen and oxygen atoms in total. The van der Waals surface area contributed by atoms with Gasteiger partial charge < -0.3 is 9.85 Å². The molecule has 84 valence electrons. The number of fused-ring (bicyclic) bond motifs is 2. The third-order valence-corrected chi connectivity index (χ3v) is 4.44. The van der Waals surface area contributed by atoms with Crippen LogP contribution in [0.2, 0.25) is 0 Å². The topological polar surface area (TPSA) is 29.5 Å². The molecule has 1 N–H and O–H groups in total. The van der Waals surface area contributed by atoms with Crippen LogP contribution in [0.4, 0.5) is 0 Å². The highest BCUT2D eigenvalue weighted by Gasteiger charge is 2.37. The molecule has 2 fully saturated rings. The summed E-state index contributed by atoms with van der Waals surface area (Å²) in [5.41, 5.74) is 0. The Balaban J connectivity index is 1.58. The lowest BCUT2D eigenvalue weighted by Crippen LogP contribution is -2.25. The molecule has 2 heteroatoms. The monoisotopic (exact) mass is 210 g/mol. The summed E-state index contributed by atoms with van der Waals surface area (Å²) in [6.45, 7) is 1.64. The largest absolute Gasteiger partial charge is 0.393 e. The van der Waals surface area contributed by atoms with Crippen molar-refractivity contribution in [3.8, 4) is 0 Å². The molecule has 1 heterocycles. The summed E-state index contributed by atoms with van der Waals surface area (Å²) in [4.78, 5) is 0. The maximum absolute atomic E-state index is 7.25. The molecule has 0 aromatic carbocycles. The fourth-order valence-electron chi connectivity index (χ4n) is 3.50. The molecule has 15 heavy (non-hydrogen) atoms. The van der Waals surface area contributed by atoms with Gasteiger partial charge in [0, 0.05) is 12.5 Å². The first-order valence-electron chi connectivity index (χ1n) is 6.65. The predicted molar refractivity (Wildman–Crippen MR) is 58.4 cm³/mol. The average molecular weight is 210 g/mol. The van der Waals surface area contributed by atoms with Gasteiger partial charge in [0.05, 0.1) is 12.7 Å². The Hall–Kier alpha value is -0.340. The van der Waals surface area contributed by atoms with Crippen LogP contribution in [0.25, 0.3) is 0 Å². The lowest BCUT2D eigenvalue weighted by molar-refractivity contribution is 0.0669. The number of hydrogen-bond acceptors (Lipinski definition) is 2. The summed E-state index contributed by atoms with van der Waals surface area (Å²) < 4.78 is 12.6. The predicted octanol–water partition coefficient (Wildman–Crippen LogP) is 1.99. The average Bonchev–Trinajstić information content (AvgIpc) is 3.01. The normalized spacial score (nSPS) is 46.0. The van der Waals surface area contributed by atoms with Gasteiger partial charge in [0.1, 0.15) is 0 Å². The van der Waals surface area contributed by atoms with Crippen LogP contribution in [0.5, 0.6) is 0 Å². The van der Waals surface area contributed by atoms with E-state index in [2.05, 4.69) is 12.2 Å². The maximum Gasteiger partial charge on any atom is 0.210 e. The third-order valence-electron chi connectivity index (χ3n) is 4.44. The van der Waals surface area contributed by atoms with Crippen LogP contribution in [-0.4, -0.2) is 25.9 Å². The quantitative estimate of drug-likeness (QED) is 0.719. The van der Waals surface area contributed by atoms with Gasteiger partial charge in [0.25, 0.3) is 0 Å². The van der Waals surface area contributed by atoms with Crippen molar-refractivity contribution in [2.45, 2.75) is 31.8 Å². The summed E-state index contributed by atoms with van der Waals surface area (Å²) in [5.74, 6) is 2.80.